The van der Waals surface area contributed by atoms with Crippen LogP contribution in [0.1, 0.15) is 33.3 Å². The van der Waals surface area contributed by atoms with Crippen molar-refractivity contribution in [1.82, 2.24) is 20.9 Å². The first-order chi connectivity index (χ1) is 11.9. The molecule has 1 aliphatic rings. The van der Waals surface area contributed by atoms with E-state index in [-0.39, 0.29) is 0 Å². The van der Waals surface area contributed by atoms with Crippen molar-refractivity contribution in [2.24, 2.45) is 0 Å². The Hall–Kier alpha value is -2.61. The lowest BCUT2D eigenvalue weighted by atomic mass is 9.92. The maximum Gasteiger partial charge on any atom is 0.325 e. The van der Waals surface area contributed by atoms with E-state index in [1.165, 1.54) is 6.92 Å². The van der Waals surface area contributed by atoms with Crippen LogP contribution in [0.4, 0.5) is 9.59 Å². The third-order valence-electron chi connectivity index (χ3n) is 3.73. The van der Waals surface area contributed by atoms with E-state index in [0.717, 1.165) is 4.90 Å². The third-order valence-corrected chi connectivity index (χ3v) is 4.06. The molecule has 140 valence electrons. The summed E-state index contributed by atoms with van der Waals surface area (Å²) in [5, 5.41) is 7.52. The summed E-state index contributed by atoms with van der Waals surface area (Å²) in [6, 6.07) is 5.19. The van der Waals surface area contributed by atoms with Gasteiger partial charge in [-0.25, -0.2) is 9.59 Å². The van der Waals surface area contributed by atoms with Crippen LogP contribution in [0, 0.1) is 0 Å². The number of amides is 6. The summed E-state index contributed by atoms with van der Waals surface area (Å²) >= 11 is 6.14. The monoisotopic (exact) mass is 380 g/mol. The van der Waals surface area contributed by atoms with Crippen molar-refractivity contribution < 1.29 is 19.2 Å². The van der Waals surface area contributed by atoms with Gasteiger partial charge in [0.15, 0.2) is 0 Å². The predicted molar refractivity (Wildman–Crippen MR) is 95.5 cm³/mol. The molecule has 0 saturated carbocycles. The second kappa shape index (κ2) is 6.95. The molecule has 1 atom stereocenters. The smallest absolute Gasteiger partial charge is 0.325 e. The minimum atomic E-state index is -1.39. The molecule has 0 aliphatic carbocycles. The van der Waals surface area contributed by atoms with Gasteiger partial charge in [0, 0.05) is 16.1 Å². The topological polar surface area (TPSA) is 108 Å². The van der Waals surface area contributed by atoms with Gasteiger partial charge in [0.1, 0.15) is 12.1 Å². The standard InChI is InChI=1S/C17H21ClN4O4/c1-16(2,3)20-14(25)19-12(23)9-22-13(24)17(4,21-15(22)26)10-7-5-6-8-11(10)18/h5-8H,9H2,1-4H3,(H,21,26)(H2,19,20,23,25). The first kappa shape index (κ1) is 19.7. The fraction of sp³-hybridized carbons (Fsp3) is 0.412. The molecule has 3 N–H and O–H groups in total. The quantitative estimate of drug-likeness (QED) is 0.694. The summed E-state index contributed by atoms with van der Waals surface area (Å²) in [4.78, 5) is 49.5. The number of rotatable bonds is 3. The van der Waals surface area contributed by atoms with Gasteiger partial charge in [0.25, 0.3) is 5.91 Å². The van der Waals surface area contributed by atoms with Crippen molar-refractivity contribution in [2.45, 2.75) is 38.8 Å². The molecule has 0 radical (unpaired) electrons. The van der Waals surface area contributed by atoms with E-state index in [2.05, 4.69) is 16.0 Å². The van der Waals surface area contributed by atoms with Crippen molar-refractivity contribution in [3.05, 3.63) is 34.9 Å². The number of nitrogens with zero attached hydrogens (tertiary/aromatic N) is 1. The number of halogens is 1. The van der Waals surface area contributed by atoms with Crippen molar-refractivity contribution in [1.29, 1.82) is 0 Å². The molecule has 1 aromatic rings. The lowest BCUT2D eigenvalue weighted by Gasteiger charge is -2.23. The van der Waals surface area contributed by atoms with Crippen LogP contribution in [-0.2, 0) is 15.1 Å². The molecule has 26 heavy (non-hydrogen) atoms. The lowest BCUT2D eigenvalue weighted by molar-refractivity contribution is -0.134. The minimum absolute atomic E-state index is 0.319. The van der Waals surface area contributed by atoms with Crippen LogP contribution >= 0.6 is 11.6 Å². The van der Waals surface area contributed by atoms with Crippen molar-refractivity contribution in [3.63, 3.8) is 0 Å². The van der Waals surface area contributed by atoms with E-state index in [1.54, 1.807) is 45.0 Å². The highest BCUT2D eigenvalue weighted by atomic mass is 35.5. The molecule has 2 rings (SSSR count). The number of hydrogen-bond donors (Lipinski definition) is 3. The number of urea groups is 2. The third kappa shape index (κ3) is 4.13. The van der Waals surface area contributed by atoms with Gasteiger partial charge in [-0.15, -0.1) is 0 Å². The zero-order valence-corrected chi connectivity index (χ0v) is 15.7. The summed E-state index contributed by atoms with van der Waals surface area (Å²) in [6.07, 6.45) is 0. The largest absolute Gasteiger partial charge is 0.333 e. The maximum atomic E-state index is 12.7. The summed E-state index contributed by atoms with van der Waals surface area (Å²) in [7, 11) is 0. The highest BCUT2D eigenvalue weighted by Crippen LogP contribution is 2.33. The molecule has 0 aromatic heterocycles. The Morgan fingerprint density at radius 1 is 1.23 bits per heavy atom. The average molecular weight is 381 g/mol. The van der Waals surface area contributed by atoms with Crippen molar-refractivity contribution in [3.8, 4) is 0 Å². The van der Waals surface area contributed by atoms with E-state index < -0.39 is 41.5 Å². The molecule has 1 aromatic carbocycles. The van der Waals surface area contributed by atoms with Gasteiger partial charge >= 0.3 is 12.1 Å². The first-order valence-electron chi connectivity index (χ1n) is 7.95. The van der Waals surface area contributed by atoms with E-state index in [1.807, 2.05) is 0 Å². The molecule has 8 nitrogen and oxygen atoms in total. The molecule has 1 aliphatic heterocycles. The van der Waals surface area contributed by atoms with Crippen LogP contribution in [0.25, 0.3) is 0 Å². The Bertz CT molecular complexity index is 774. The second-order valence-electron chi connectivity index (χ2n) is 7.18. The van der Waals surface area contributed by atoms with Crippen molar-refractivity contribution >= 4 is 35.5 Å². The fourth-order valence-electron chi connectivity index (χ4n) is 2.57. The lowest BCUT2D eigenvalue weighted by Crippen LogP contribution is -2.51. The molecule has 0 bridgehead atoms. The van der Waals surface area contributed by atoms with Gasteiger partial charge in [0.2, 0.25) is 5.91 Å². The van der Waals surface area contributed by atoms with Crippen LogP contribution in [0.2, 0.25) is 5.02 Å². The van der Waals surface area contributed by atoms with Crippen LogP contribution < -0.4 is 16.0 Å². The Balaban J connectivity index is 2.11. The number of benzene rings is 1. The van der Waals surface area contributed by atoms with Gasteiger partial charge in [0.05, 0.1) is 0 Å². The molecule has 1 unspecified atom stereocenters. The summed E-state index contributed by atoms with van der Waals surface area (Å²) in [5.74, 6) is -1.40. The Kier molecular flexibility index (Phi) is 5.27. The van der Waals surface area contributed by atoms with E-state index in [9.17, 15) is 19.2 Å². The number of carbonyl (C=O) groups is 4. The van der Waals surface area contributed by atoms with Crippen LogP contribution in [0.15, 0.2) is 24.3 Å². The number of carbonyl (C=O) groups excluding carboxylic acids is 4. The molecule has 9 heteroatoms. The Labute approximate surface area is 156 Å². The number of nitrogens with one attached hydrogen (secondary N) is 3. The van der Waals surface area contributed by atoms with E-state index >= 15 is 0 Å². The van der Waals surface area contributed by atoms with E-state index in [0.29, 0.717) is 10.6 Å². The van der Waals surface area contributed by atoms with Crippen LogP contribution in [-0.4, -0.2) is 40.9 Å². The summed E-state index contributed by atoms with van der Waals surface area (Å²) < 4.78 is 0. The molecule has 1 heterocycles. The highest BCUT2D eigenvalue weighted by molar-refractivity contribution is 6.32. The SMILES string of the molecule is CC(C)(C)NC(=O)NC(=O)CN1C(=O)NC(C)(c2ccccc2Cl)C1=O. The number of imide groups is 2. The predicted octanol–water partition coefficient (Wildman–Crippen LogP) is 1.73. The van der Waals surface area contributed by atoms with Gasteiger partial charge in [-0.1, -0.05) is 29.8 Å². The first-order valence-corrected chi connectivity index (χ1v) is 8.33. The highest BCUT2D eigenvalue weighted by Gasteiger charge is 2.50. The zero-order chi connectivity index (χ0) is 19.7. The van der Waals surface area contributed by atoms with Gasteiger partial charge in [-0.05, 0) is 33.8 Å². The summed E-state index contributed by atoms with van der Waals surface area (Å²) in [5.41, 5.74) is -1.49. The second-order valence-corrected chi connectivity index (χ2v) is 7.59. The molecule has 6 amide bonds. The van der Waals surface area contributed by atoms with Crippen molar-refractivity contribution in [2.75, 3.05) is 6.54 Å². The minimum Gasteiger partial charge on any atom is -0.333 e. The van der Waals surface area contributed by atoms with Crippen LogP contribution in [0.5, 0.6) is 0 Å². The fourth-order valence-corrected chi connectivity index (χ4v) is 2.90. The molecule has 0 spiro atoms. The average Bonchev–Trinajstić information content (AvgIpc) is 2.69. The summed E-state index contributed by atoms with van der Waals surface area (Å²) in [6.45, 7) is 6.19. The van der Waals surface area contributed by atoms with Crippen LogP contribution in [0.3, 0.4) is 0 Å². The maximum absolute atomic E-state index is 12.7. The Morgan fingerprint density at radius 2 is 1.85 bits per heavy atom. The zero-order valence-electron chi connectivity index (χ0n) is 15.0. The Morgan fingerprint density at radius 3 is 2.42 bits per heavy atom. The number of hydrogen-bond acceptors (Lipinski definition) is 4. The normalized spacial score (nSPS) is 20.0. The molecule has 1 saturated heterocycles. The van der Waals surface area contributed by atoms with Gasteiger partial charge in [-0.3, -0.25) is 19.8 Å². The van der Waals surface area contributed by atoms with E-state index in [4.69, 9.17) is 11.6 Å². The van der Waals surface area contributed by atoms with Gasteiger partial charge < -0.3 is 10.6 Å². The molecule has 1 fully saturated rings. The molecular weight excluding hydrogens is 360 g/mol. The van der Waals surface area contributed by atoms with Gasteiger partial charge in [-0.2, -0.15) is 0 Å². The molecular formula is C17H21ClN4O4.